The van der Waals surface area contributed by atoms with Crippen LogP contribution in [0.4, 0.5) is 5.69 Å². The lowest BCUT2D eigenvalue weighted by Crippen LogP contribution is -2.52. The number of halogens is 2. The zero-order valence-corrected chi connectivity index (χ0v) is 26.1. The lowest BCUT2D eigenvalue weighted by molar-refractivity contribution is -0.139. The van der Waals surface area contributed by atoms with Gasteiger partial charge in [0.05, 0.1) is 27.7 Å². The van der Waals surface area contributed by atoms with Gasteiger partial charge in [0, 0.05) is 12.6 Å². The third-order valence-electron chi connectivity index (χ3n) is 6.77. The Morgan fingerprint density at radius 1 is 0.976 bits per heavy atom. The summed E-state index contributed by atoms with van der Waals surface area (Å²) in [6.07, 6.45) is 0.709. The van der Waals surface area contributed by atoms with E-state index in [-0.39, 0.29) is 39.1 Å². The van der Waals surface area contributed by atoms with E-state index in [9.17, 15) is 18.0 Å². The number of sulfonamides is 1. The van der Waals surface area contributed by atoms with Gasteiger partial charge in [0.2, 0.25) is 11.8 Å². The third kappa shape index (κ3) is 7.93. The molecule has 1 N–H and O–H groups in total. The summed E-state index contributed by atoms with van der Waals surface area (Å²) in [7, 11) is -2.71. The Labute approximate surface area is 252 Å². The first kappa shape index (κ1) is 32.2. The van der Waals surface area contributed by atoms with Gasteiger partial charge < -0.3 is 15.0 Å². The molecule has 2 amide bonds. The molecule has 0 bridgehead atoms. The van der Waals surface area contributed by atoms with Gasteiger partial charge in [0.25, 0.3) is 10.0 Å². The summed E-state index contributed by atoms with van der Waals surface area (Å²) in [6.45, 7) is 6.71. The number of carbonyl (C=O) groups excluding carboxylic acids is 2. The van der Waals surface area contributed by atoms with Crippen LogP contribution in [-0.4, -0.2) is 50.9 Å². The maximum atomic E-state index is 14.0. The van der Waals surface area contributed by atoms with Crippen LogP contribution < -0.4 is 14.4 Å². The highest BCUT2D eigenvalue weighted by Crippen LogP contribution is 2.35. The maximum absolute atomic E-state index is 14.0. The van der Waals surface area contributed by atoms with Gasteiger partial charge in [-0.3, -0.25) is 13.9 Å². The van der Waals surface area contributed by atoms with Crippen LogP contribution in [0.3, 0.4) is 0 Å². The Bertz CT molecular complexity index is 1460. The number of hydrogen-bond acceptors (Lipinski definition) is 5. The first-order chi connectivity index (χ1) is 19.4. The van der Waals surface area contributed by atoms with E-state index in [1.54, 1.807) is 56.5 Å². The van der Waals surface area contributed by atoms with Crippen LogP contribution in [0.15, 0.2) is 71.6 Å². The highest BCUT2D eigenvalue weighted by atomic mass is 35.5. The second-order valence-corrected chi connectivity index (χ2v) is 12.4. The zero-order chi connectivity index (χ0) is 30.3. The predicted octanol–water partition coefficient (Wildman–Crippen LogP) is 5.84. The summed E-state index contributed by atoms with van der Waals surface area (Å²) in [5.41, 5.74) is 1.66. The van der Waals surface area contributed by atoms with Crippen LogP contribution in [0.25, 0.3) is 0 Å². The Balaban J connectivity index is 2.06. The van der Waals surface area contributed by atoms with E-state index in [4.69, 9.17) is 27.9 Å². The van der Waals surface area contributed by atoms with Gasteiger partial charge in [-0.2, -0.15) is 0 Å². The summed E-state index contributed by atoms with van der Waals surface area (Å²) < 4.78 is 34.1. The van der Waals surface area contributed by atoms with Crippen LogP contribution in [0.2, 0.25) is 10.0 Å². The Morgan fingerprint density at radius 3 is 2.20 bits per heavy atom. The molecular weight excluding hydrogens is 585 g/mol. The van der Waals surface area contributed by atoms with Crippen molar-refractivity contribution in [3.05, 3.63) is 87.9 Å². The highest BCUT2D eigenvalue weighted by molar-refractivity contribution is 7.92. The van der Waals surface area contributed by atoms with E-state index in [1.165, 1.54) is 29.2 Å². The van der Waals surface area contributed by atoms with Gasteiger partial charge in [-0.1, -0.05) is 66.0 Å². The number of rotatable bonds is 12. The average Bonchev–Trinajstić information content (AvgIpc) is 2.96. The lowest BCUT2D eigenvalue weighted by atomic mass is 10.1. The smallest absolute Gasteiger partial charge is 0.264 e. The topological polar surface area (TPSA) is 96.0 Å². The van der Waals surface area contributed by atoms with Gasteiger partial charge in [0.1, 0.15) is 18.3 Å². The number of nitrogens with one attached hydrogen (secondary N) is 1. The fraction of sp³-hybridized carbons (Fsp3) is 0.333. The molecule has 0 aliphatic rings. The first-order valence-corrected chi connectivity index (χ1v) is 15.3. The van der Waals surface area contributed by atoms with Crippen molar-refractivity contribution in [2.24, 2.45) is 0 Å². The fourth-order valence-electron chi connectivity index (χ4n) is 4.01. The summed E-state index contributed by atoms with van der Waals surface area (Å²) in [5, 5.41) is 3.03. The van der Waals surface area contributed by atoms with Crippen molar-refractivity contribution in [2.45, 2.75) is 57.6 Å². The van der Waals surface area contributed by atoms with Crippen LogP contribution in [0, 0.1) is 6.92 Å². The number of anilines is 1. The second kappa shape index (κ2) is 14.1. The number of hydrogen-bond donors (Lipinski definition) is 1. The Hall–Kier alpha value is -3.27. The van der Waals surface area contributed by atoms with Crippen molar-refractivity contribution in [3.63, 3.8) is 0 Å². The molecule has 3 aromatic rings. The number of carbonyl (C=O) groups is 2. The van der Waals surface area contributed by atoms with Crippen molar-refractivity contribution < 1.29 is 22.7 Å². The van der Waals surface area contributed by atoms with Crippen molar-refractivity contribution in [1.82, 2.24) is 10.2 Å². The SMILES string of the molecule is CC[C@@H](C)NC(=O)[C@H](C)N(Cc1ccc(OC)cc1)C(=O)CN(c1cccc(Cl)c1Cl)S(=O)(=O)c1ccc(C)cc1. The molecule has 3 aromatic carbocycles. The highest BCUT2D eigenvalue weighted by Gasteiger charge is 2.34. The van der Waals surface area contributed by atoms with Crippen molar-refractivity contribution in [3.8, 4) is 5.75 Å². The molecule has 0 fully saturated rings. The molecule has 11 heteroatoms. The second-order valence-electron chi connectivity index (χ2n) is 9.76. The van der Waals surface area contributed by atoms with Crippen molar-refractivity contribution >= 4 is 50.7 Å². The van der Waals surface area contributed by atoms with Gasteiger partial charge in [-0.15, -0.1) is 0 Å². The molecule has 0 aromatic heterocycles. The van der Waals surface area contributed by atoms with Gasteiger partial charge in [-0.05, 0) is 69.2 Å². The molecule has 0 radical (unpaired) electrons. The van der Waals surface area contributed by atoms with E-state index in [0.717, 1.165) is 15.4 Å². The molecule has 0 spiro atoms. The van der Waals surface area contributed by atoms with Crippen molar-refractivity contribution in [2.75, 3.05) is 18.0 Å². The minimum Gasteiger partial charge on any atom is -0.497 e. The Morgan fingerprint density at radius 2 is 1.61 bits per heavy atom. The summed E-state index contributed by atoms with van der Waals surface area (Å²) in [5.74, 6) is -0.311. The molecule has 0 saturated carbocycles. The molecule has 8 nitrogen and oxygen atoms in total. The standard InChI is InChI=1S/C30H35Cl2N3O5S/c1-6-21(3)33-30(37)22(4)34(18-23-12-14-24(40-5)15-13-23)28(36)19-35(27-9-7-8-26(31)29(27)32)41(38,39)25-16-10-20(2)11-17-25/h7-17,21-22H,6,18-19H2,1-5H3,(H,33,37)/t21-,22+/m1/s1. The summed E-state index contributed by atoms with van der Waals surface area (Å²) in [4.78, 5) is 28.5. The molecule has 220 valence electrons. The molecule has 2 atom stereocenters. The lowest BCUT2D eigenvalue weighted by Gasteiger charge is -2.32. The molecule has 0 aliphatic carbocycles. The Kier molecular flexibility index (Phi) is 11.1. The fourth-order valence-corrected chi connectivity index (χ4v) is 5.89. The third-order valence-corrected chi connectivity index (χ3v) is 9.35. The monoisotopic (exact) mass is 619 g/mol. The zero-order valence-electron chi connectivity index (χ0n) is 23.7. The largest absolute Gasteiger partial charge is 0.497 e. The number of nitrogens with zero attached hydrogens (tertiary/aromatic N) is 2. The minimum atomic E-state index is -4.26. The number of amides is 2. The normalized spacial score (nSPS) is 12.8. The minimum absolute atomic E-state index is 0.0121. The van der Waals surface area contributed by atoms with E-state index in [0.29, 0.717) is 12.2 Å². The summed E-state index contributed by atoms with van der Waals surface area (Å²) >= 11 is 12.7. The van der Waals surface area contributed by atoms with E-state index in [2.05, 4.69) is 5.32 Å². The first-order valence-electron chi connectivity index (χ1n) is 13.1. The van der Waals surface area contributed by atoms with Crippen LogP contribution in [0.5, 0.6) is 5.75 Å². The number of aryl methyl sites for hydroxylation is 1. The van der Waals surface area contributed by atoms with E-state index in [1.807, 2.05) is 20.8 Å². The number of ether oxygens (including phenoxy) is 1. The molecule has 0 aliphatic heterocycles. The maximum Gasteiger partial charge on any atom is 0.264 e. The quantitative estimate of drug-likeness (QED) is 0.275. The molecule has 3 rings (SSSR count). The van der Waals surface area contributed by atoms with Gasteiger partial charge >= 0.3 is 0 Å². The molecular formula is C30H35Cl2N3O5S. The van der Waals surface area contributed by atoms with Crippen LogP contribution in [0.1, 0.15) is 38.3 Å². The van der Waals surface area contributed by atoms with Crippen LogP contribution >= 0.6 is 23.2 Å². The van der Waals surface area contributed by atoms with Gasteiger partial charge in [0.15, 0.2) is 0 Å². The van der Waals surface area contributed by atoms with Crippen molar-refractivity contribution in [1.29, 1.82) is 0 Å². The molecule has 41 heavy (non-hydrogen) atoms. The van der Waals surface area contributed by atoms with E-state index < -0.39 is 28.5 Å². The predicted molar refractivity (Wildman–Crippen MR) is 163 cm³/mol. The summed E-state index contributed by atoms with van der Waals surface area (Å²) in [6, 6.07) is 16.9. The average molecular weight is 621 g/mol. The number of methoxy groups -OCH3 is 1. The molecule has 0 heterocycles. The molecule has 0 unspecified atom stereocenters. The van der Waals surface area contributed by atoms with Crippen LogP contribution in [-0.2, 0) is 26.2 Å². The number of benzene rings is 3. The van der Waals surface area contributed by atoms with E-state index >= 15 is 0 Å². The molecule has 0 saturated heterocycles. The van der Waals surface area contributed by atoms with Gasteiger partial charge in [-0.25, -0.2) is 8.42 Å².